The fourth-order valence-electron chi connectivity index (χ4n) is 6.57. The average Bonchev–Trinajstić information content (AvgIpc) is 3.42. The number of nitrogens with zero attached hydrogens (tertiary/aromatic N) is 1. The highest BCUT2D eigenvalue weighted by atomic mass is 32.2. The van der Waals surface area contributed by atoms with Crippen molar-refractivity contribution < 1.29 is 77.2 Å². The van der Waals surface area contributed by atoms with E-state index < -0.39 is 120 Å². The highest BCUT2D eigenvalue weighted by molar-refractivity contribution is 7.85. The van der Waals surface area contributed by atoms with Gasteiger partial charge in [0.1, 0.15) is 67.2 Å². The van der Waals surface area contributed by atoms with E-state index >= 15 is 0 Å². The summed E-state index contributed by atoms with van der Waals surface area (Å²) >= 11 is 0. The summed E-state index contributed by atoms with van der Waals surface area (Å²) in [6.45, 7) is 1.03. The lowest BCUT2D eigenvalue weighted by atomic mass is 9.81. The predicted octanol–water partition coefficient (Wildman–Crippen LogP) is -5.44. The van der Waals surface area contributed by atoms with Gasteiger partial charge in [-0.25, -0.2) is 4.99 Å². The average molecular weight is 846 g/mol. The molecular formula is C34H51N7O16S. The predicted molar refractivity (Wildman–Crippen MR) is 199 cm³/mol. The molecule has 17 N–H and O–H groups in total. The molecule has 0 amide bonds. The molecule has 1 saturated carbocycles. The minimum Gasteiger partial charge on any atom is -0.489 e. The number of benzene rings is 2. The summed E-state index contributed by atoms with van der Waals surface area (Å²) < 4.78 is 58.9. The Labute approximate surface area is 332 Å². The van der Waals surface area contributed by atoms with Crippen LogP contribution in [0.25, 0.3) is 0 Å². The molecule has 5 rings (SSSR count). The number of hydrogen-bond donors (Lipinski definition) is 14. The van der Waals surface area contributed by atoms with E-state index in [1.54, 1.807) is 0 Å². The van der Waals surface area contributed by atoms with Crippen LogP contribution in [0.2, 0.25) is 0 Å². The Hall–Kier alpha value is -4.12. The summed E-state index contributed by atoms with van der Waals surface area (Å²) in [4.78, 5) is 15.8. The quantitative estimate of drug-likeness (QED) is 0.0387. The van der Waals surface area contributed by atoms with Crippen molar-refractivity contribution in [3.8, 4) is 5.75 Å². The maximum atomic E-state index is 12.1. The topological polar surface area (TPSA) is 398 Å². The van der Waals surface area contributed by atoms with Crippen molar-refractivity contribution in [2.75, 3.05) is 13.7 Å². The van der Waals surface area contributed by atoms with E-state index in [2.05, 4.69) is 15.6 Å². The van der Waals surface area contributed by atoms with Gasteiger partial charge in [-0.2, -0.15) is 8.42 Å². The number of nitrogens with two attached hydrogens (primary N) is 3. The molecule has 1 aliphatic carbocycles. The van der Waals surface area contributed by atoms with Crippen molar-refractivity contribution in [2.24, 2.45) is 22.2 Å². The molecule has 24 heteroatoms. The largest absolute Gasteiger partial charge is 0.489 e. The number of ether oxygens (including phenoxy) is 5. The lowest BCUT2D eigenvalue weighted by molar-refractivity contribution is -0.314. The minimum absolute atomic E-state index is 0.138. The molecule has 23 nitrogen and oxygen atoms in total. The van der Waals surface area contributed by atoms with Gasteiger partial charge in [-0.1, -0.05) is 30.3 Å². The molecule has 2 aliphatic heterocycles. The van der Waals surface area contributed by atoms with Crippen molar-refractivity contribution >= 4 is 28.3 Å². The van der Waals surface area contributed by atoms with Gasteiger partial charge in [0.05, 0.1) is 29.7 Å². The van der Waals surface area contributed by atoms with Crippen molar-refractivity contribution in [3.63, 3.8) is 0 Å². The highest BCUT2D eigenvalue weighted by Crippen LogP contribution is 2.38. The maximum absolute atomic E-state index is 12.1. The number of guanidine groups is 2. The first-order valence-corrected chi connectivity index (χ1v) is 19.1. The number of carbonyl (C=O) groups excluding carboxylic acids is 1. The molecule has 2 heterocycles. The Balaban J connectivity index is 0.000000343. The molecule has 0 bridgehead atoms. The van der Waals surface area contributed by atoms with Crippen LogP contribution in [-0.2, 0) is 40.5 Å². The standard InChI is InChI=1S/C21H39N7O12.C13H12O4S/c1-5-21(36,4-30)16(40-17-9(26-2)13(34)10(31)6(3-29)38-17)18(37-5)39-15-8(28-20(24)25)11(32)7(27-19(22)23)12(33)14(15)35;14-18(15,16)13-8-6-12(7-9-13)17-10-11-4-2-1-3-5-11/h4-18,26,29,31-36H,3H2,1-2H3,(H4,22,23,27)(H4,24,25,28);1-9H,10H2,(H,14,15,16)/t5-,6-,7+,8-,9-,10-,11+,12-,13-,14+,15+,16-,17-,18-,21+;/m0./s1. The summed E-state index contributed by atoms with van der Waals surface area (Å²) in [6.07, 6.45) is -17.3. The molecular weight excluding hydrogens is 794 g/mol. The molecule has 0 aromatic heterocycles. The van der Waals surface area contributed by atoms with Gasteiger partial charge in [-0.15, -0.1) is 0 Å². The minimum atomic E-state index is -4.14. The highest BCUT2D eigenvalue weighted by Gasteiger charge is 2.60. The molecule has 0 radical (unpaired) electrons. The van der Waals surface area contributed by atoms with E-state index in [9.17, 15) is 49.0 Å². The fraction of sp³-hybridized carbons (Fsp3) is 0.559. The first-order valence-electron chi connectivity index (χ1n) is 17.7. The number of likely N-dealkylation sites (N-methyl/N-ethyl adjacent to an activating group) is 1. The lowest BCUT2D eigenvalue weighted by Crippen LogP contribution is -2.70. The summed E-state index contributed by atoms with van der Waals surface area (Å²) in [6, 6.07) is 11.2. The van der Waals surface area contributed by atoms with Crippen LogP contribution in [-0.4, -0.2) is 172 Å². The van der Waals surface area contributed by atoms with E-state index in [4.69, 9.17) is 50.8 Å². The molecule has 0 spiro atoms. The smallest absolute Gasteiger partial charge is 0.294 e. The first-order chi connectivity index (χ1) is 27.3. The van der Waals surface area contributed by atoms with Gasteiger partial charge in [-0.3, -0.25) is 14.8 Å². The van der Waals surface area contributed by atoms with Crippen molar-refractivity contribution in [1.82, 2.24) is 10.6 Å². The molecule has 324 valence electrons. The molecule has 0 unspecified atom stereocenters. The van der Waals surface area contributed by atoms with Gasteiger partial charge in [0.25, 0.3) is 10.1 Å². The van der Waals surface area contributed by atoms with Crippen molar-refractivity contribution in [1.29, 1.82) is 5.41 Å². The van der Waals surface area contributed by atoms with Crippen LogP contribution in [0.4, 0.5) is 0 Å². The molecule has 3 fully saturated rings. The number of rotatable bonds is 13. The zero-order chi connectivity index (χ0) is 43.1. The van der Waals surface area contributed by atoms with Crippen LogP contribution in [0.1, 0.15) is 12.5 Å². The number of aliphatic imine (C=N–C) groups is 1. The Morgan fingerprint density at radius 1 is 0.914 bits per heavy atom. The SMILES string of the molecule is CN[C@@H]1[C@H](O[C@H]2[C@H](O[C@H]3[C@H](O)[C@@H](O)[C@H](NC(=N)N)[C@@H](O)[C@@H]3N=C(N)N)O[C@@H](C)[C@]2(O)C=O)O[C@@H](CO)[C@H](O)[C@H]1O.O=S(=O)(O)c1ccc(OCc2ccccc2)cc1. The fourth-order valence-corrected chi connectivity index (χ4v) is 7.05. The van der Waals surface area contributed by atoms with Crippen molar-refractivity contribution in [3.05, 3.63) is 60.2 Å². The van der Waals surface area contributed by atoms with Gasteiger partial charge >= 0.3 is 0 Å². The number of hydrogen-bond acceptors (Lipinski definition) is 18. The van der Waals surface area contributed by atoms with Gasteiger partial charge in [-0.05, 0) is 43.8 Å². The van der Waals surface area contributed by atoms with Crippen LogP contribution >= 0.6 is 0 Å². The van der Waals surface area contributed by atoms with Gasteiger partial charge in [0.15, 0.2) is 36.4 Å². The maximum Gasteiger partial charge on any atom is 0.294 e. The monoisotopic (exact) mass is 845 g/mol. The Morgan fingerprint density at radius 3 is 2.07 bits per heavy atom. The third-order valence-electron chi connectivity index (χ3n) is 9.77. The molecule has 2 saturated heterocycles. The Bertz CT molecular complexity index is 1800. The number of carbonyl (C=O) groups is 1. The Kier molecular flexibility index (Phi) is 15.9. The number of aldehydes is 1. The molecule has 3 aliphatic rings. The summed E-state index contributed by atoms with van der Waals surface area (Å²) in [5.74, 6) is -0.613. The van der Waals surface area contributed by atoms with Crippen LogP contribution < -0.4 is 32.6 Å². The number of aliphatic hydroxyl groups is 7. The number of nitrogens with one attached hydrogen (secondary N) is 3. The van der Waals surface area contributed by atoms with Gasteiger partial charge < -0.3 is 87.3 Å². The van der Waals surface area contributed by atoms with Crippen LogP contribution in [0.3, 0.4) is 0 Å². The van der Waals surface area contributed by atoms with E-state index in [1.807, 2.05) is 30.3 Å². The first kappa shape index (κ1) is 46.6. The second kappa shape index (κ2) is 19.8. The van der Waals surface area contributed by atoms with Crippen LogP contribution in [0.15, 0.2) is 64.5 Å². The molecule has 58 heavy (non-hydrogen) atoms. The van der Waals surface area contributed by atoms with Gasteiger partial charge in [0, 0.05) is 0 Å². The second-order valence-corrected chi connectivity index (χ2v) is 15.1. The van der Waals surface area contributed by atoms with E-state index in [-0.39, 0.29) is 11.2 Å². The van der Waals surface area contributed by atoms with Crippen LogP contribution in [0, 0.1) is 5.41 Å². The Morgan fingerprint density at radius 2 is 1.53 bits per heavy atom. The summed E-state index contributed by atoms with van der Waals surface area (Å²) in [7, 11) is -2.73. The molecule has 2 aromatic rings. The van der Waals surface area contributed by atoms with Gasteiger partial charge in [0.2, 0.25) is 0 Å². The van der Waals surface area contributed by atoms with E-state index in [0.717, 1.165) is 5.56 Å². The van der Waals surface area contributed by atoms with Crippen molar-refractivity contribution in [2.45, 2.75) is 110 Å². The summed E-state index contributed by atoms with van der Waals surface area (Å²) in [5, 5.41) is 86.4. The van der Waals surface area contributed by atoms with E-state index in [1.165, 1.54) is 38.2 Å². The number of aliphatic hydroxyl groups excluding tert-OH is 6. The second-order valence-electron chi connectivity index (χ2n) is 13.7. The molecule has 15 atom stereocenters. The zero-order valence-electron chi connectivity index (χ0n) is 31.2. The zero-order valence-corrected chi connectivity index (χ0v) is 32.0. The molecule has 2 aromatic carbocycles. The summed E-state index contributed by atoms with van der Waals surface area (Å²) in [5.41, 5.74) is 15.0. The third kappa shape index (κ3) is 10.7. The van der Waals surface area contributed by atoms with Crippen LogP contribution in [0.5, 0.6) is 5.75 Å². The normalized spacial score (nSPS) is 36.2. The third-order valence-corrected chi connectivity index (χ3v) is 10.6. The lowest BCUT2D eigenvalue weighted by Gasteiger charge is -2.46. The van der Waals surface area contributed by atoms with E-state index in [0.29, 0.717) is 12.4 Å².